The summed E-state index contributed by atoms with van der Waals surface area (Å²) in [5.41, 5.74) is 7.39. The fourth-order valence-electron chi connectivity index (χ4n) is 2.25. The number of carbonyl (C=O) groups is 1. The van der Waals surface area contributed by atoms with Gasteiger partial charge in [0.15, 0.2) is 0 Å². The summed E-state index contributed by atoms with van der Waals surface area (Å²) < 4.78 is 41.0. The van der Waals surface area contributed by atoms with Crippen LogP contribution in [0.5, 0.6) is 0 Å². The van der Waals surface area contributed by atoms with Crippen LogP contribution in [0.1, 0.15) is 10.4 Å². The predicted octanol–water partition coefficient (Wildman–Crippen LogP) is 3.72. The minimum absolute atomic E-state index is 0.163. The maximum Gasteiger partial charge on any atom is 0.673 e. The summed E-state index contributed by atoms with van der Waals surface area (Å²) in [6.45, 7) is 0. The number of amides is 1. The number of anilines is 1. The third kappa shape index (κ3) is 5.76. The van der Waals surface area contributed by atoms with Gasteiger partial charge in [0.05, 0.1) is 7.05 Å². The van der Waals surface area contributed by atoms with Crippen molar-refractivity contribution in [2.75, 3.05) is 5.43 Å². The van der Waals surface area contributed by atoms with Gasteiger partial charge in [-0.3, -0.25) is 4.79 Å². The molecule has 0 fully saturated rings. The zero-order valence-electron chi connectivity index (χ0n) is 13.8. The number of nitrogens with zero attached hydrogens (tertiary/aromatic N) is 1. The van der Waals surface area contributed by atoms with Gasteiger partial charge >= 0.3 is 7.25 Å². The molecule has 3 aromatic rings. The van der Waals surface area contributed by atoms with E-state index in [1.165, 1.54) is 0 Å². The largest absolute Gasteiger partial charge is 0.673 e. The smallest absolute Gasteiger partial charge is 0.418 e. The van der Waals surface area contributed by atoms with E-state index in [0.717, 1.165) is 16.7 Å². The van der Waals surface area contributed by atoms with Crippen LogP contribution in [0.25, 0.3) is 10.9 Å². The van der Waals surface area contributed by atoms with E-state index < -0.39 is 7.25 Å². The molecular formula is C17H16BF4N3O. The Kier molecular flexibility index (Phi) is 6.16. The van der Waals surface area contributed by atoms with Crippen LogP contribution in [0, 0.1) is 0 Å². The van der Waals surface area contributed by atoms with Crippen molar-refractivity contribution in [2.45, 2.75) is 0 Å². The highest BCUT2D eigenvalue weighted by Gasteiger charge is 2.20. The molecule has 3 rings (SSSR count). The number of carbonyl (C=O) groups excluding carboxylic acids is 1. The minimum atomic E-state index is -6.00. The van der Waals surface area contributed by atoms with Crippen LogP contribution in [-0.2, 0) is 7.05 Å². The second-order valence-electron chi connectivity index (χ2n) is 5.28. The van der Waals surface area contributed by atoms with E-state index in [4.69, 9.17) is 0 Å². The van der Waals surface area contributed by atoms with Crippen molar-refractivity contribution < 1.29 is 26.6 Å². The number of pyridine rings is 1. The molecule has 9 heteroatoms. The molecule has 0 unspecified atom stereocenters. The highest BCUT2D eigenvalue weighted by Crippen LogP contribution is 2.11. The predicted molar refractivity (Wildman–Crippen MR) is 92.8 cm³/mol. The summed E-state index contributed by atoms with van der Waals surface area (Å²) in [5, 5.41) is 1.15. The maximum absolute atomic E-state index is 12.0. The average molecular weight is 365 g/mol. The molecule has 0 aliphatic carbocycles. The lowest BCUT2D eigenvalue weighted by molar-refractivity contribution is -0.630. The molecule has 1 aromatic heterocycles. The molecule has 1 heterocycles. The number of rotatable bonds is 3. The highest BCUT2D eigenvalue weighted by atomic mass is 19.5. The first kappa shape index (κ1) is 19.2. The number of fused-ring (bicyclic) bond motifs is 1. The van der Waals surface area contributed by atoms with Gasteiger partial charge in [0.1, 0.15) is 5.52 Å². The molecule has 0 spiro atoms. The van der Waals surface area contributed by atoms with Crippen LogP contribution in [0.4, 0.5) is 23.1 Å². The summed E-state index contributed by atoms with van der Waals surface area (Å²) in [6, 6.07) is 21.2. The molecule has 2 aromatic carbocycles. The zero-order valence-corrected chi connectivity index (χ0v) is 13.8. The molecule has 136 valence electrons. The van der Waals surface area contributed by atoms with Gasteiger partial charge in [0, 0.05) is 17.0 Å². The Labute approximate surface area is 147 Å². The molecule has 0 radical (unpaired) electrons. The lowest BCUT2D eigenvalue weighted by Crippen LogP contribution is -2.39. The molecular weight excluding hydrogens is 349 g/mol. The van der Waals surface area contributed by atoms with Gasteiger partial charge in [-0.25, -0.2) is 4.57 Å². The van der Waals surface area contributed by atoms with Crippen molar-refractivity contribution in [3.8, 4) is 0 Å². The monoisotopic (exact) mass is 365 g/mol. The number of hydrogen-bond acceptors (Lipinski definition) is 2. The zero-order chi connectivity index (χ0) is 19.2. The van der Waals surface area contributed by atoms with Crippen molar-refractivity contribution in [1.82, 2.24) is 5.43 Å². The van der Waals surface area contributed by atoms with E-state index in [0.29, 0.717) is 5.56 Å². The lowest BCUT2D eigenvalue weighted by atomic mass is 10.2. The summed E-state index contributed by atoms with van der Waals surface area (Å²) in [4.78, 5) is 12.0. The molecule has 0 atom stereocenters. The highest BCUT2D eigenvalue weighted by molar-refractivity contribution is 6.50. The number of hydrogen-bond donors (Lipinski definition) is 2. The van der Waals surface area contributed by atoms with Crippen LogP contribution in [-0.4, -0.2) is 13.2 Å². The van der Waals surface area contributed by atoms with E-state index >= 15 is 0 Å². The van der Waals surface area contributed by atoms with E-state index in [1.807, 2.05) is 60.1 Å². The van der Waals surface area contributed by atoms with Gasteiger partial charge in [-0.15, -0.1) is 0 Å². The lowest BCUT2D eigenvalue weighted by Gasteiger charge is -2.07. The SMILES string of the molecule is C[n+]1c(NNC(=O)c2ccccc2)ccc2ccccc21.F[B-](F)(F)F. The van der Waals surface area contributed by atoms with Gasteiger partial charge in [0.2, 0.25) is 0 Å². The van der Waals surface area contributed by atoms with Gasteiger partial charge in [-0.1, -0.05) is 36.4 Å². The van der Waals surface area contributed by atoms with Crippen LogP contribution >= 0.6 is 0 Å². The number of para-hydroxylation sites is 1. The molecule has 0 saturated carbocycles. The first-order chi connectivity index (χ1) is 12.3. The number of benzene rings is 2. The minimum Gasteiger partial charge on any atom is -0.418 e. The molecule has 0 aliphatic rings. The first-order valence-corrected chi connectivity index (χ1v) is 7.62. The van der Waals surface area contributed by atoms with Gasteiger partial charge in [-0.05, 0) is 24.3 Å². The van der Waals surface area contributed by atoms with Gasteiger partial charge < -0.3 is 17.3 Å². The van der Waals surface area contributed by atoms with Crippen molar-refractivity contribution in [2.24, 2.45) is 7.05 Å². The summed E-state index contributed by atoms with van der Waals surface area (Å²) in [5.74, 6) is 0.654. The van der Waals surface area contributed by atoms with Crippen molar-refractivity contribution in [3.05, 3.63) is 72.3 Å². The van der Waals surface area contributed by atoms with Crippen LogP contribution in [0.3, 0.4) is 0 Å². The number of halogens is 4. The van der Waals surface area contributed by atoms with E-state index in [2.05, 4.69) is 16.9 Å². The summed E-state index contributed by atoms with van der Waals surface area (Å²) in [7, 11) is -4.04. The molecule has 0 saturated heterocycles. The topological polar surface area (TPSA) is 45.0 Å². The third-order valence-electron chi connectivity index (χ3n) is 3.42. The van der Waals surface area contributed by atoms with Crippen LogP contribution in [0.15, 0.2) is 66.7 Å². The Bertz CT molecular complexity index is 882. The molecule has 26 heavy (non-hydrogen) atoms. The average Bonchev–Trinajstić information content (AvgIpc) is 2.60. The van der Waals surface area contributed by atoms with E-state index in [1.54, 1.807) is 12.1 Å². The standard InChI is InChI=1S/C17H15N3O.BF4/c1-20-15-10-6-5-7-13(15)11-12-16(20)18-19-17(21)14-8-3-2-4-9-14;2-1(3,4)5/h2-12H,1H3,(H,19,21);/q;-1/p+1. The third-order valence-corrected chi connectivity index (χ3v) is 3.42. The van der Waals surface area contributed by atoms with Crippen molar-refractivity contribution >= 4 is 29.9 Å². The first-order valence-electron chi connectivity index (χ1n) is 7.62. The Morgan fingerprint density at radius 1 is 0.885 bits per heavy atom. The molecule has 2 N–H and O–H groups in total. The Hall–Kier alpha value is -3.10. The molecule has 0 bridgehead atoms. The Morgan fingerprint density at radius 3 is 2.12 bits per heavy atom. The Morgan fingerprint density at radius 2 is 1.46 bits per heavy atom. The summed E-state index contributed by atoms with van der Waals surface area (Å²) >= 11 is 0. The normalized spacial score (nSPS) is 10.7. The number of aromatic nitrogens is 1. The second kappa shape index (κ2) is 8.33. The fraction of sp³-hybridized carbons (Fsp3) is 0.0588. The van der Waals surface area contributed by atoms with Crippen molar-refractivity contribution in [3.63, 3.8) is 0 Å². The van der Waals surface area contributed by atoms with Crippen LogP contribution in [0.2, 0.25) is 0 Å². The Balaban J connectivity index is 0.000000431. The second-order valence-corrected chi connectivity index (χ2v) is 5.28. The maximum atomic E-state index is 12.0. The number of hydrazine groups is 1. The fourth-order valence-corrected chi connectivity index (χ4v) is 2.25. The van der Waals surface area contributed by atoms with Gasteiger partial charge in [-0.2, -0.15) is 10.9 Å². The van der Waals surface area contributed by atoms with Crippen LogP contribution < -0.4 is 15.4 Å². The number of nitrogens with one attached hydrogen (secondary N) is 2. The van der Waals surface area contributed by atoms with Gasteiger partial charge in [0.25, 0.3) is 11.7 Å². The van der Waals surface area contributed by atoms with E-state index in [9.17, 15) is 22.1 Å². The van der Waals surface area contributed by atoms with Crippen molar-refractivity contribution in [1.29, 1.82) is 0 Å². The van der Waals surface area contributed by atoms with E-state index in [-0.39, 0.29) is 5.91 Å². The molecule has 0 aliphatic heterocycles. The summed E-state index contributed by atoms with van der Waals surface area (Å²) in [6.07, 6.45) is 0. The molecule has 1 amide bonds. The number of aryl methyl sites for hydroxylation is 1. The molecule has 4 nitrogen and oxygen atoms in total. The quantitative estimate of drug-likeness (QED) is 0.322.